The molecule has 19 heavy (non-hydrogen) atoms. The molecule has 1 amide bonds. The number of aliphatic hydroxyl groups is 1. The zero-order valence-corrected chi connectivity index (χ0v) is 10.9. The van der Waals surface area contributed by atoms with Gasteiger partial charge in [-0.25, -0.2) is 0 Å². The van der Waals surface area contributed by atoms with E-state index in [4.69, 9.17) is 22.0 Å². The number of nitriles is 1. The van der Waals surface area contributed by atoms with E-state index in [1.54, 1.807) is 24.3 Å². The maximum Gasteiger partial charge on any atom is 0.263 e. The number of carbonyl (C=O) groups is 1. The zero-order chi connectivity index (χ0) is 14.1. The van der Waals surface area contributed by atoms with Gasteiger partial charge in [-0.1, -0.05) is 29.8 Å². The van der Waals surface area contributed by atoms with E-state index in [-0.39, 0.29) is 25.3 Å². The van der Waals surface area contributed by atoms with Gasteiger partial charge in [-0.2, -0.15) is 5.26 Å². The quantitative estimate of drug-likeness (QED) is 0.411. The second-order valence-electron chi connectivity index (χ2n) is 3.62. The molecule has 0 aromatic heterocycles. The van der Waals surface area contributed by atoms with E-state index in [1.807, 2.05) is 6.07 Å². The van der Waals surface area contributed by atoms with Gasteiger partial charge in [-0.3, -0.25) is 4.79 Å². The van der Waals surface area contributed by atoms with Crippen LogP contribution >= 0.6 is 11.6 Å². The average Bonchev–Trinajstić information content (AvgIpc) is 2.42. The Morgan fingerprint density at radius 2 is 2.21 bits per heavy atom. The summed E-state index contributed by atoms with van der Waals surface area (Å²) in [6.45, 7) is 0.455. The van der Waals surface area contributed by atoms with Crippen LogP contribution in [-0.4, -0.2) is 24.2 Å². The second-order valence-corrected chi connectivity index (χ2v) is 4.03. The number of hydrogen-bond acceptors (Lipinski definition) is 4. The van der Waals surface area contributed by atoms with Crippen molar-refractivity contribution in [2.24, 2.45) is 0 Å². The summed E-state index contributed by atoms with van der Waals surface area (Å²) in [5.74, 6) is -0.493. The third-order valence-electron chi connectivity index (χ3n) is 2.26. The third kappa shape index (κ3) is 5.00. The molecule has 0 spiro atoms. The number of amides is 1. The predicted molar refractivity (Wildman–Crippen MR) is 72.1 cm³/mol. The molecular weight excluding hydrogens is 266 g/mol. The van der Waals surface area contributed by atoms with Gasteiger partial charge in [0.05, 0.1) is 6.61 Å². The van der Waals surface area contributed by atoms with E-state index in [0.29, 0.717) is 5.02 Å². The number of hydrogen-bond donors (Lipinski definition) is 3. The number of nitrogens with one attached hydrogen (secondary N) is 2. The normalized spacial score (nSPS) is 10.7. The molecule has 0 atom stereocenters. The van der Waals surface area contributed by atoms with Gasteiger partial charge in [-0.15, -0.1) is 0 Å². The van der Waals surface area contributed by atoms with Crippen molar-refractivity contribution in [3.8, 4) is 6.07 Å². The summed E-state index contributed by atoms with van der Waals surface area (Å²) in [4.78, 5) is 11.7. The number of nitrogens with zero attached hydrogens (tertiary/aromatic N) is 1. The molecule has 0 saturated heterocycles. The molecule has 3 N–H and O–H groups in total. The fourth-order valence-electron chi connectivity index (χ4n) is 1.30. The van der Waals surface area contributed by atoms with E-state index in [1.165, 1.54) is 6.20 Å². The van der Waals surface area contributed by atoms with Crippen LogP contribution in [0.3, 0.4) is 0 Å². The summed E-state index contributed by atoms with van der Waals surface area (Å²) in [6, 6.07) is 8.92. The van der Waals surface area contributed by atoms with Gasteiger partial charge in [0, 0.05) is 24.3 Å². The maximum absolute atomic E-state index is 11.7. The Hall–Kier alpha value is -2.03. The third-order valence-corrected chi connectivity index (χ3v) is 2.63. The number of halogens is 1. The summed E-state index contributed by atoms with van der Waals surface area (Å²) in [7, 11) is 0. The summed E-state index contributed by atoms with van der Waals surface area (Å²) < 4.78 is 0. The lowest BCUT2D eigenvalue weighted by atomic mass is 10.2. The number of aliphatic hydroxyl groups excluding tert-OH is 1. The first-order chi connectivity index (χ1) is 9.19. The molecule has 0 fully saturated rings. The minimum Gasteiger partial charge on any atom is -0.395 e. The topological polar surface area (TPSA) is 85.2 Å². The molecule has 1 rings (SSSR count). The predicted octanol–water partition coefficient (Wildman–Crippen LogP) is 0.946. The van der Waals surface area contributed by atoms with Crippen LogP contribution in [0.1, 0.15) is 5.56 Å². The molecule has 1 aromatic rings. The molecule has 1 aromatic carbocycles. The Balaban J connectivity index is 2.57. The van der Waals surface area contributed by atoms with Crippen LogP contribution in [0.5, 0.6) is 0 Å². The van der Waals surface area contributed by atoms with Crippen LogP contribution < -0.4 is 10.6 Å². The van der Waals surface area contributed by atoms with Gasteiger partial charge in [0.25, 0.3) is 5.91 Å². The summed E-state index contributed by atoms with van der Waals surface area (Å²) >= 11 is 5.95. The van der Waals surface area contributed by atoms with Crippen molar-refractivity contribution in [1.82, 2.24) is 10.6 Å². The Morgan fingerprint density at radius 1 is 1.47 bits per heavy atom. The van der Waals surface area contributed by atoms with E-state index in [9.17, 15) is 4.79 Å². The van der Waals surface area contributed by atoms with Crippen molar-refractivity contribution >= 4 is 17.5 Å². The lowest BCUT2D eigenvalue weighted by molar-refractivity contribution is -0.117. The first kappa shape index (κ1) is 15.0. The molecule has 0 radical (unpaired) electrons. The van der Waals surface area contributed by atoms with E-state index < -0.39 is 5.91 Å². The van der Waals surface area contributed by atoms with E-state index >= 15 is 0 Å². The highest BCUT2D eigenvalue weighted by Crippen LogP contribution is 2.14. The first-order valence-corrected chi connectivity index (χ1v) is 6.03. The fourth-order valence-corrected chi connectivity index (χ4v) is 1.50. The Labute approximate surface area is 116 Å². The van der Waals surface area contributed by atoms with Crippen LogP contribution in [0.25, 0.3) is 0 Å². The summed E-state index contributed by atoms with van der Waals surface area (Å²) in [5, 5.41) is 23.2. The molecular formula is C13H14ClN3O2. The van der Waals surface area contributed by atoms with Crippen LogP contribution in [0, 0.1) is 11.3 Å². The summed E-state index contributed by atoms with van der Waals surface area (Å²) in [5.41, 5.74) is 0.721. The van der Waals surface area contributed by atoms with Gasteiger partial charge >= 0.3 is 0 Å². The molecule has 0 aliphatic heterocycles. The van der Waals surface area contributed by atoms with Crippen molar-refractivity contribution in [2.45, 2.75) is 6.54 Å². The van der Waals surface area contributed by atoms with Crippen molar-refractivity contribution in [3.63, 3.8) is 0 Å². The van der Waals surface area contributed by atoms with Crippen molar-refractivity contribution in [1.29, 1.82) is 5.26 Å². The maximum atomic E-state index is 11.7. The summed E-state index contributed by atoms with van der Waals surface area (Å²) in [6.07, 6.45) is 1.28. The molecule has 100 valence electrons. The lowest BCUT2D eigenvalue weighted by Gasteiger charge is -2.06. The van der Waals surface area contributed by atoms with Crippen molar-refractivity contribution in [3.05, 3.63) is 46.6 Å². The van der Waals surface area contributed by atoms with Crippen molar-refractivity contribution < 1.29 is 9.90 Å². The average molecular weight is 280 g/mol. The SMILES string of the molecule is N#C/C(=C/NCCO)C(=O)NCc1ccccc1Cl. The van der Waals surface area contributed by atoms with Crippen LogP contribution in [-0.2, 0) is 11.3 Å². The van der Waals surface area contributed by atoms with Crippen LogP contribution in [0.15, 0.2) is 36.0 Å². The Kier molecular flexibility index (Phi) is 6.44. The van der Waals surface area contributed by atoms with Gasteiger partial charge in [0.1, 0.15) is 11.6 Å². The molecule has 0 aliphatic rings. The minimum atomic E-state index is -0.493. The van der Waals surface area contributed by atoms with Crippen LogP contribution in [0.4, 0.5) is 0 Å². The Morgan fingerprint density at radius 3 is 2.84 bits per heavy atom. The minimum absolute atomic E-state index is 0.0551. The molecule has 0 aliphatic carbocycles. The molecule has 5 nitrogen and oxygen atoms in total. The van der Waals surface area contributed by atoms with Gasteiger partial charge in [0.15, 0.2) is 0 Å². The van der Waals surface area contributed by atoms with Crippen LogP contribution in [0.2, 0.25) is 5.02 Å². The number of rotatable bonds is 6. The molecule has 0 unspecified atom stereocenters. The van der Waals surface area contributed by atoms with E-state index in [0.717, 1.165) is 5.56 Å². The fraction of sp³-hybridized carbons (Fsp3) is 0.231. The Bertz CT molecular complexity index is 509. The van der Waals surface area contributed by atoms with Gasteiger partial charge in [-0.05, 0) is 11.6 Å². The highest BCUT2D eigenvalue weighted by Gasteiger charge is 2.08. The monoisotopic (exact) mass is 279 g/mol. The second kappa shape index (κ2) is 8.14. The highest BCUT2D eigenvalue weighted by molar-refractivity contribution is 6.31. The number of benzene rings is 1. The highest BCUT2D eigenvalue weighted by atomic mass is 35.5. The standard InChI is InChI=1S/C13H14ClN3O2/c14-12-4-2-1-3-10(12)9-17-13(19)11(7-15)8-16-5-6-18/h1-4,8,16,18H,5-6,9H2,(H,17,19)/b11-8-. The molecule has 0 saturated carbocycles. The smallest absolute Gasteiger partial charge is 0.263 e. The van der Waals surface area contributed by atoms with Gasteiger partial charge < -0.3 is 15.7 Å². The van der Waals surface area contributed by atoms with Gasteiger partial charge in [0.2, 0.25) is 0 Å². The molecule has 0 heterocycles. The molecule has 6 heteroatoms. The van der Waals surface area contributed by atoms with E-state index in [2.05, 4.69) is 10.6 Å². The largest absolute Gasteiger partial charge is 0.395 e. The lowest BCUT2D eigenvalue weighted by Crippen LogP contribution is -2.25. The zero-order valence-electron chi connectivity index (χ0n) is 10.2. The molecule has 0 bridgehead atoms. The number of carbonyl (C=O) groups excluding carboxylic acids is 1. The van der Waals surface area contributed by atoms with Crippen molar-refractivity contribution in [2.75, 3.05) is 13.2 Å². The first-order valence-electron chi connectivity index (χ1n) is 5.65.